The maximum Gasteiger partial charge on any atom is 0.331 e. The van der Waals surface area contributed by atoms with Gasteiger partial charge in [0, 0.05) is 12.7 Å². The highest BCUT2D eigenvalue weighted by Gasteiger charge is 2.10. The third-order valence-electron chi connectivity index (χ3n) is 1.84. The maximum absolute atomic E-state index is 11.3. The number of ether oxygens (including phenoxy) is 1. The van der Waals surface area contributed by atoms with Crippen molar-refractivity contribution in [3.05, 3.63) is 31.0 Å². The smallest absolute Gasteiger partial charge is 0.331 e. The molecule has 0 aromatic carbocycles. The number of rotatable bonds is 3. The molecule has 0 unspecified atom stereocenters. The van der Waals surface area contributed by atoms with Crippen molar-refractivity contribution in [2.45, 2.75) is 20.1 Å². The number of methoxy groups -OCH3 is 1. The summed E-state index contributed by atoms with van der Waals surface area (Å²) in [6.45, 7) is 1.96. The summed E-state index contributed by atoms with van der Waals surface area (Å²) in [6, 6.07) is 0. The van der Waals surface area contributed by atoms with E-state index in [-0.39, 0.29) is 12.3 Å². The Hall–Kier alpha value is -0.880. The number of nitrogens with zero attached hydrogens (tertiary/aromatic N) is 1. The highest BCUT2D eigenvalue weighted by atomic mass is 79.9. The predicted octanol–water partition coefficient (Wildman–Crippen LogP) is 0.465. The molecule has 0 saturated carbocycles. The molecular formula is C8H11BrN2O3. The zero-order valence-electron chi connectivity index (χ0n) is 7.96. The Balaban J connectivity index is 3.44. The van der Waals surface area contributed by atoms with Crippen LogP contribution in [0.3, 0.4) is 0 Å². The van der Waals surface area contributed by atoms with Crippen molar-refractivity contribution in [1.82, 2.24) is 9.55 Å². The Bertz CT molecular complexity index is 435. The van der Waals surface area contributed by atoms with Crippen molar-refractivity contribution in [2.75, 3.05) is 7.11 Å². The second-order valence-corrected chi connectivity index (χ2v) is 3.48. The van der Waals surface area contributed by atoms with Gasteiger partial charge in [0.05, 0.1) is 4.60 Å². The van der Waals surface area contributed by atoms with Gasteiger partial charge in [-0.1, -0.05) is 6.92 Å². The molecular weight excluding hydrogens is 252 g/mol. The van der Waals surface area contributed by atoms with Gasteiger partial charge in [0.1, 0.15) is 6.73 Å². The molecule has 0 aliphatic heterocycles. The van der Waals surface area contributed by atoms with Gasteiger partial charge in [-0.2, -0.15) is 0 Å². The molecule has 0 bridgehead atoms. The minimum atomic E-state index is -0.471. The lowest BCUT2D eigenvalue weighted by molar-refractivity contribution is 0.124. The van der Waals surface area contributed by atoms with E-state index in [0.717, 1.165) is 0 Å². The van der Waals surface area contributed by atoms with E-state index < -0.39 is 5.69 Å². The number of aromatic nitrogens is 2. The van der Waals surface area contributed by atoms with Gasteiger partial charge in [0.25, 0.3) is 5.56 Å². The van der Waals surface area contributed by atoms with E-state index in [9.17, 15) is 9.59 Å². The van der Waals surface area contributed by atoms with Crippen molar-refractivity contribution in [3.8, 4) is 0 Å². The molecule has 0 amide bonds. The molecule has 14 heavy (non-hydrogen) atoms. The quantitative estimate of drug-likeness (QED) is 0.806. The van der Waals surface area contributed by atoms with Gasteiger partial charge in [-0.15, -0.1) is 0 Å². The summed E-state index contributed by atoms with van der Waals surface area (Å²) in [5.41, 5.74) is -0.278. The first-order chi connectivity index (χ1) is 6.61. The van der Waals surface area contributed by atoms with E-state index in [1.54, 1.807) is 0 Å². The summed E-state index contributed by atoms with van der Waals surface area (Å²) >= 11 is 3.21. The minimum Gasteiger partial charge on any atom is -0.364 e. The molecule has 1 rings (SSSR count). The van der Waals surface area contributed by atoms with E-state index in [0.29, 0.717) is 16.6 Å². The Morgan fingerprint density at radius 3 is 2.64 bits per heavy atom. The Morgan fingerprint density at radius 1 is 1.50 bits per heavy atom. The first kappa shape index (κ1) is 11.2. The third kappa shape index (κ3) is 1.96. The third-order valence-corrected chi connectivity index (χ3v) is 2.74. The van der Waals surface area contributed by atoms with Crippen LogP contribution in [0.4, 0.5) is 0 Å². The molecule has 0 fully saturated rings. The molecule has 0 saturated heterocycles. The van der Waals surface area contributed by atoms with Crippen LogP contribution < -0.4 is 11.2 Å². The Kier molecular flexibility index (Phi) is 3.65. The van der Waals surface area contributed by atoms with E-state index in [4.69, 9.17) is 4.74 Å². The fourth-order valence-electron chi connectivity index (χ4n) is 1.14. The van der Waals surface area contributed by atoms with Crippen LogP contribution in [0.15, 0.2) is 14.2 Å². The molecule has 6 heteroatoms. The molecule has 1 heterocycles. The summed E-state index contributed by atoms with van der Waals surface area (Å²) in [6.07, 6.45) is 0.555. The van der Waals surface area contributed by atoms with Gasteiger partial charge in [-0.25, -0.2) is 4.79 Å². The van der Waals surface area contributed by atoms with Crippen LogP contribution in [0.25, 0.3) is 0 Å². The maximum atomic E-state index is 11.3. The summed E-state index contributed by atoms with van der Waals surface area (Å²) in [5, 5.41) is 0. The average Bonchev–Trinajstić information content (AvgIpc) is 2.12. The molecule has 1 N–H and O–H groups in total. The summed E-state index contributed by atoms with van der Waals surface area (Å²) < 4.78 is 6.64. The van der Waals surface area contributed by atoms with Crippen LogP contribution in [0.1, 0.15) is 12.5 Å². The Labute approximate surface area is 88.8 Å². The number of hydrogen-bond donors (Lipinski definition) is 1. The highest BCUT2D eigenvalue weighted by molar-refractivity contribution is 9.10. The molecule has 0 radical (unpaired) electrons. The molecule has 0 atom stereocenters. The molecule has 5 nitrogen and oxygen atoms in total. The zero-order valence-corrected chi connectivity index (χ0v) is 9.55. The zero-order chi connectivity index (χ0) is 10.7. The Morgan fingerprint density at radius 2 is 2.14 bits per heavy atom. The van der Waals surface area contributed by atoms with Crippen LogP contribution in [-0.2, 0) is 17.9 Å². The minimum absolute atomic E-state index is 0.114. The van der Waals surface area contributed by atoms with Crippen molar-refractivity contribution < 1.29 is 4.74 Å². The standard InChI is InChI=1S/C8H11BrN2O3/c1-3-5-6(9)11(4-14-2)8(13)10-7(5)12/h3-4H2,1-2H3,(H,10,12,13). The monoisotopic (exact) mass is 262 g/mol. The second-order valence-electron chi connectivity index (χ2n) is 2.73. The van der Waals surface area contributed by atoms with Gasteiger partial charge in [0.2, 0.25) is 0 Å². The first-order valence-corrected chi connectivity index (χ1v) is 4.91. The lowest BCUT2D eigenvalue weighted by atomic mass is 10.3. The molecule has 1 aromatic rings. The van der Waals surface area contributed by atoms with Gasteiger partial charge in [0.15, 0.2) is 0 Å². The fraction of sp³-hybridized carbons (Fsp3) is 0.500. The van der Waals surface area contributed by atoms with Crippen molar-refractivity contribution >= 4 is 15.9 Å². The normalized spacial score (nSPS) is 10.5. The molecule has 78 valence electrons. The molecule has 0 spiro atoms. The van der Waals surface area contributed by atoms with Gasteiger partial charge in [-0.3, -0.25) is 14.3 Å². The number of halogens is 1. The summed E-state index contributed by atoms with van der Waals surface area (Å²) in [5.74, 6) is 0. The van der Waals surface area contributed by atoms with Crippen LogP contribution in [0, 0.1) is 0 Å². The van der Waals surface area contributed by atoms with Crippen molar-refractivity contribution in [1.29, 1.82) is 0 Å². The van der Waals surface area contributed by atoms with E-state index in [2.05, 4.69) is 20.9 Å². The number of aromatic amines is 1. The topological polar surface area (TPSA) is 64.1 Å². The lowest BCUT2D eigenvalue weighted by Crippen LogP contribution is -2.33. The van der Waals surface area contributed by atoms with Crippen LogP contribution in [0.2, 0.25) is 0 Å². The summed E-state index contributed by atoms with van der Waals surface area (Å²) in [7, 11) is 1.48. The van der Waals surface area contributed by atoms with Gasteiger partial charge in [-0.05, 0) is 22.4 Å². The number of hydrogen-bond acceptors (Lipinski definition) is 3. The van der Waals surface area contributed by atoms with E-state index >= 15 is 0 Å². The van der Waals surface area contributed by atoms with Crippen molar-refractivity contribution in [3.63, 3.8) is 0 Å². The lowest BCUT2D eigenvalue weighted by Gasteiger charge is -2.08. The largest absolute Gasteiger partial charge is 0.364 e. The van der Waals surface area contributed by atoms with Gasteiger partial charge < -0.3 is 4.74 Å². The van der Waals surface area contributed by atoms with E-state index in [1.165, 1.54) is 11.7 Å². The second kappa shape index (κ2) is 4.56. The summed E-state index contributed by atoms with van der Waals surface area (Å²) in [4.78, 5) is 24.9. The molecule has 0 aliphatic carbocycles. The van der Waals surface area contributed by atoms with Crippen LogP contribution >= 0.6 is 15.9 Å². The van der Waals surface area contributed by atoms with Crippen LogP contribution in [-0.4, -0.2) is 16.7 Å². The fourth-order valence-corrected chi connectivity index (χ4v) is 1.86. The van der Waals surface area contributed by atoms with Crippen LogP contribution in [0.5, 0.6) is 0 Å². The SMILES string of the molecule is CCc1c(Br)n(COC)c(=O)[nH]c1=O. The first-order valence-electron chi connectivity index (χ1n) is 4.12. The van der Waals surface area contributed by atoms with Crippen molar-refractivity contribution in [2.24, 2.45) is 0 Å². The number of nitrogens with one attached hydrogen (secondary N) is 1. The average molecular weight is 263 g/mol. The molecule has 0 aliphatic rings. The highest BCUT2D eigenvalue weighted by Crippen LogP contribution is 2.10. The number of H-pyrrole nitrogens is 1. The van der Waals surface area contributed by atoms with Gasteiger partial charge >= 0.3 is 5.69 Å². The molecule has 1 aromatic heterocycles. The predicted molar refractivity (Wildman–Crippen MR) is 55.4 cm³/mol. The van der Waals surface area contributed by atoms with E-state index in [1.807, 2.05) is 6.92 Å².